The number of halogens is 1. The number of rotatable bonds is 10. The molecule has 0 unspecified atom stereocenters. The van der Waals surface area contributed by atoms with Crippen molar-refractivity contribution in [3.8, 4) is 0 Å². The Balaban J connectivity index is 0.00000392. The summed E-state index contributed by atoms with van der Waals surface area (Å²) in [6, 6.07) is 8.58. The molecule has 0 bridgehead atoms. The average molecular weight is 501 g/mol. The molecule has 28 heavy (non-hydrogen) atoms. The maximum atomic E-state index is 5.99. The average Bonchev–Trinajstić information content (AvgIpc) is 2.71. The van der Waals surface area contributed by atoms with Crippen molar-refractivity contribution in [3.05, 3.63) is 48.0 Å². The second-order valence-electron chi connectivity index (χ2n) is 6.96. The molecule has 0 amide bonds. The van der Waals surface area contributed by atoms with Crippen LogP contribution in [-0.2, 0) is 22.6 Å². The zero-order valence-electron chi connectivity index (χ0n) is 17.4. The van der Waals surface area contributed by atoms with Gasteiger partial charge in [0.2, 0.25) is 0 Å². The molecule has 0 aliphatic carbocycles. The second kappa shape index (κ2) is 14.8. The predicted molar refractivity (Wildman–Crippen MR) is 127 cm³/mol. The molecule has 1 N–H and O–H groups in total. The van der Waals surface area contributed by atoms with E-state index in [1.54, 1.807) is 0 Å². The lowest BCUT2D eigenvalue weighted by atomic mass is 10.1. The van der Waals surface area contributed by atoms with Gasteiger partial charge in [-0.2, -0.15) is 0 Å². The van der Waals surface area contributed by atoms with Crippen molar-refractivity contribution in [1.29, 1.82) is 0 Å². The van der Waals surface area contributed by atoms with Gasteiger partial charge in [-0.15, -0.1) is 30.6 Å². The molecule has 2 rings (SSSR count). The van der Waals surface area contributed by atoms with Gasteiger partial charge in [0.25, 0.3) is 0 Å². The zero-order valence-corrected chi connectivity index (χ0v) is 19.7. The highest BCUT2D eigenvalue weighted by atomic mass is 127. The molecule has 1 fully saturated rings. The van der Waals surface area contributed by atoms with Gasteiger partial charge in [0.15, 0.2) is 5.96 Å². The van der Waals surface area contributed by atoms with Gasteiger partial charge in [-0.25, -0.2) is 4.99 Å². The van der Waals surface area contributed by atoms with Crippen molar-refractivity contribution in [2.24, 2.45) is 4.99 Å². The summed E-state index contributed by atoms with van der Waals surface area (Å²) in [5.74, 6) is 0.952. The first-order chi connectivity index (χ1) is 13.2. The van der Waals surface area contributed by atoms with E-state index in [-0.39, 0.29) is 24.0 Å². The van der Waals surface area contributed by atoms with Crippen LogP contribution in [0.1, 0.15) is 43.7 Å². The highest BCUT2D eigenvalue weighted by molar-refractivity contribution is 14.0. The van der Waals surface area contributed by atoms with E-state index in [1.807, 2.05) is 6.08 Å². The van der Waals surface area contributed by atoms with Gasteiger partial charge >= 0.3 is 0 Å². The Labute approximate surface area is 187 Å². The molecule has 5 nitrogen and oxygen atoms in total. The molecule has 1 aliphatic rings. The summed E-state index contributed by atoms with van der Waals surface area (Å²) < 4.78 is 11.4. The molecule has 1 aliphatic heterocycles. The summed E-state index contributed by atoms with van der Waals surface area (Å²) in [6.45, 7) is 10.7. The van der Waals surface area contributed by atoms with Crippen molar-refractivity contribution in [3.63, 3.8) is 0 Å². The Morgan fingerprint density at radius 1 is 1.29 bits per heavy atom. The summed E-state index contributed by atoms with van der Waals surface area (Å²) in [6.07, 6.45) is 6.42. The smallest absolute Gasteiger partial charge is 0.193 e. The molecular formula is C22H36IN3O2. The van der Waals surface area contributed by atoms with Crippen LogP contribution in [0.2, 0.25) is 0 Å². The van der Waals surface area contributed by atoms with Crippen LogP contribution in [0.15, 0.2) is 41.9 Å². The Morgan fingerprint density at radius 2 is 1.96 bits per heavy atom. The summed E-state index contributed by atoms with van der Waals surface area (Å²) in [4.78, 5) is 6.96. The van der Waals surface area contributed by atoms with E-state index in [9.17, 15) is 0 Å². The topological polar surface area (TPSA) is 46.1 Å². The highest BCUT2D eigenvalue weighted by Crippen LogP contribution is 2.14. The normalized spacial score (nSPS) is 15.0. The first-order valence-electron chi connectivity index (χ1n) is 10.1. The fraction of sp³-hybridized carbons (Fsp3) is 0.591. The Hall–Kier alpha value is -1.12. The SMILES string of the molecule is C=CCCCN(C)C(=NCc1ccc(COC2CCOCC2)cc1)NCC.I. The van der Waals surface area contributed by atoms with Crippen LogP contribution in [0, 0.1) is 0 Å². The van der Waals surface area contributed by atoms with Gasteiger partial charge in [-0.1, -0.05) is 30.3 Å². The Kier molecular flexibility index (Phi) is 13.2. The van der Waals surface area contributed by atoms with Crippen molar-refractivity contribution < 1.29 is 9.47 Å². The largest absolute Gasteiger partial charge is 0.381 e. The lowest BCUT2D eigenvalue weighted by Crippen LogP contribution is -2.39. The summed E-state index contributed by atoms with van der Waals surface area (Å²) in [7, 11) is 2.08. The van der Waals surface area contributed by atoms with Crippen LogP contribution < -0.4 is 5.32 Å². The van der Waals surface area contributed by atoms with E-state index in [2.05, 4.69) is 55.0 Å². The molecule has 6 heteroatoms. The molecule has 1 aromatic rings. The predicted octanol–water partition coefficient (Wildman–Crippen LogP) is 4.36. The van der Waals surface area contributed by atoms with Crippen LogP contribution in [0.5, 0.6) is 0 Å². The fourth-order valence-electron chi connectivity index (χ4n) is 3.01. The number of hydrogen-bond acceptors (Lipinski definition) is 3. The Bertz CT molecular complexity index is 572. The minimum absolute atomic E-state index is 0. The minimum atomic E-state index is 0. The van der Waals surface area contributed by atoms with E-state index in [0.717, 1.165) is 57.9 Å². The lowest BCUT2D eigenvalue weighted by molar-refractivity contribution is -0.0390. The molecule has 0 spiro atoms. The molecule has 1 aromatic carbocycles. The second-order valence-corrected chi connectivity index (χ2v) is 6.96. The van der Waals surface area contributed by atoms with Gasteiger partial charge in [0, 0.05) is 33.4 Å². The molecule has 0 saturated carbocycles. The number of unbranched alkanes of at least 4 members (excludes halogenated alkanes) is 1. The van der Waals surface area contributed by atoms with Crippen molar-refractivity contribution >= 4 is 29.9 Å². The van der Waals surface area contributed by atoms with Crippen LogP contribution in [0.4, 0.5) is 0 Å². The first-order valence-corrected chi connectivity index (χ1v) is 10.1. The zero-order chi connectivity index (χ0) is 19.3. The van der Waals surface area contributed by atoms with Crippen molar-refractivity contribution in [1.82, 2.24) is 10.2 Å². The van der Waals surface area contributed by atoms with E-state index in [4.69, 9.17) is 14.5 Å². The summed E-state index contributed by atoms with van der Waals surface area (Å²) in [5, 5.41) is 3.37. The number of allylic oxidation sites excluding steroid dienone is 1. The monoisotopic (exact) mass is 501 g/mol. The first kappa shape index (κ1) is 24.9. The molecule has 0 radical (unpaired) electrons. The summed E-state index contributed by atoms with van der Waals surface area (Å²) >= 11 is 0. The minimum Gasteiger partial charge on any atom is -0.381 e. The van der Waals surface area contributed by atoms with Crippen LogP contribution in [0.25, 0.3) is 0 Å². The molecule has 0 atom stereocenters. The van der Waals surface area contributed by atoms with Gasteiger partial charge in [0.1, 0.15) is 0 Å². The number of aliphatic imine (C=N–C) groups is 1. The standard InChI is InChI=1S/C22H35N3O2.HI/c1-4-6-7-14-25(3)22(23-5-2)24-17-19-8-10-20(11-9-19)18-27-21-12-15-26-16-13-21;/h4,8-11,21H,1,5-7,12-18H2,2-3H3,(H,23,24);1H. The van der Waals surface area contributed by atoms with Crippen LogP contribution in [-0.4, -0.2) is 50.3 Å². The van der Waals surface area contributed by atoms with E-state index >= 15 is 0 Å². The molecular weight excluding hydrogens is 465 g/mol. The number of benzene rings is 1. The van der Waals surface area contributed by atoms with E-state index < -0.39 is 0 Å². The van der Waals surface area contributed by atoms with Gasteiger partial charge in [0.05, 0.1) is 19.3 Å². The van der Waals surface area contributed by atoms with E-state index in [0.29, 0.717) is 19.3 Å². The number of ether oxygens (including phenoxy) is 2. The third kappa shape index (κ3) is 9.39. The van der Waals surface area contributed by atoms with Gasteiger partial charge in [-0.3, -0.25) is 0 Å². The van der Waals surface area contributed by atoms with Crippen molar-refractivity contribution in [2.75, 3.05) is 33.4 Å². The van der Waals surface area contributed by atoms with Gasteiger partial charge < -0.3 is 19.7 Å². The third-order valence-electron chi connectivity index (χ3n) is 4.69. The van der Waals surface area contributed by atoms with E-state index in [1.165, 1.54) is 11.1 Å². The molecule has 1 saturated heterocycles. The molecule has 158 valence electrons. The Morgan fingerprint density at radius 3 is 2.61 bits per heavy atom. The third-order valence-corrected chi connectivity index (χ3v) is 4.69. The quantitative estimate of drug-likeness (QED) is 0.170. The van der Waals surface area contributed by atoms with Crippen LogP contribution >= 0.6 is 24.0 Å². The lowest BCUT2D eigenvalue weighted by Gasteiger charge is -2.22. The number of nitrogens with one attached hydrogen (secondary N) is 1. The molecule has 0 aromatic heterocycles. The summed E-state index contributed by atoms with van der Waals surface area (Å²) in [5.41, 5.74) is 2.42. The number of hydrogen-bond donors (Lipinski definition) is 1. The fourth-order valence-corrected chi connectivity index (χ4v) is 3.01. The number of nitrogens with zero attached hydrogens (tertiary/aromatic N) is 2. The van der Waals surface area contributed by atoms with Crippen molar-refractivity contribution in [2.45, 2.75) is 51.9 Å². The highest BCUT2D eigenvalue weighted by Gasteiger charge is 2.13. The van der Waals surface area contributed by atoms with Crippen LogP contribution in [0.3, 0.4) is 0 Å². The van der Waals surface area contributed by atoms with Gasteiger partial charge in [-0.05, 0) is 43.7 Å². The maximum absolute atomic E-state index is 5.99. The number of guanidine groups is 1. The molecule has 1 heterocycles. The maximum Gasteiger partial charge on any atom is 0.193 e.